The minimum atomic E-state index is -0.0439. The van der Waals surface area contributed by atoms with E-state index in [0.29, 0.717) is 15.2 Å². The van der Waals surface area contributed by atoms with Crippen LogP contribution < -0.4 is 11.3 Å². The van der Waals surface area contributed by atoms with Gasteiger partial charge in [0.2, 0.25) is 0 Å². The zero-order valence-electron chi connectivity index (χ0n) is 7.55. The van der Waals surface area contributed by atoms with Crippen molar-refractivity contribution in [1.29, 1.82) is 0 Å². The van der Waals surface area contributed by atoms with Crippen molar-refractivity contribution in [3.8, 4) is 0 Å². The van der Waals surface area contributed by atoms with Gasteiger partial charge < -0.3 is 5.73 Å². The van der Waals surface area contributed by atoms with Crippen LogP contribution in [-0.4, -0.2) is 14.5 Å². The van der Waals surface area contributed by atoms with Crippen molar-refractivity contribution in [3.63, 3.8) is 0 Å². The molecule has 2 rings (SSSR count). The van der Waals surface area contributed by atoms with E-state index in [1.165, 1.54) is 22.2 Å². The smallest absolute Gasteiger partial charge is 0.267 e. The van der Waals surface area contributed by atoms with Gasteiger partial charge in [-0.15, -0.1) is 11.3 Å². The van der Waals surface area contributed by atoms with Gasteiger partial charge in [-0.2, -0.15) is 0 Å². The lowest BCUT2D eigenvalue weighted by molar-refractivity contribution is 0.738. The second-order valence-corrected chi connectivity index (χ2v) is 5.15. The SMILES string of the molecule is Nc1ncc(Cn2cncc(I)c2=O)s1. The van der Waals surface area contributed by atoms with E-state index in [-0.39, 0.29) is 5.56 Å². The van der Waals surface area contributed by atoms with Crippen LogP contribution in [0.3, 0.4) is 0 Å². The summed E-state index contributed by atoms with van der Waals surface area (Å²) in [5.74, 6) is 0. The van der Waals surface area contributed by atoms with Crippen molar-refractivity contribution in [2.45, 2.75) is 6.54 Å². The zero-order valence-corrected chi connectivity index (χ0v) is 10.5. The minimum absolute atomic E-state index is 0.0439. The highest BCUT2D eigenvalue weighted by Gasteiger charge is 2.04. The monoisotopic (exact) mass is 334 g/mol. The number of hydrogen-bond acceptors (Lipinski definition) is 5. The first-order valence-corrected chi connectivity index (χ1v) is 5.96. The fraction of sp³-hybridized carbons (Fsp3) is 0.125. The number of nitrogens with two attached hydrogens (primary N) is 1. The first-order valence-electron chi connectivity index (χ1n) is 4.07. The Morgan fingerprint density at radius 3 is 3.00 bits per heavy atom. The first-order chi connectivity index (χ1) is 7.16. The van der Waals surface area contributed by atoms with Gasteiger partial charge in [0.05, 0.1) is 16.4 Å². The van der Waals surface area contributed by atoms with Crippen LogP contribution in [0.25, 0.3) is 0 Å². The molecule has 0 atom stereocenters. The van der Waals surface area contributed by atoms with Crippen LogP contribution in [0.2, 0.25) is 0 Å². The number of nitrogen functional groups attached to an aromatic ring is 1. The van der Waals surface area contributed by atoms with Crippen LogP contribution in [0.1, 0.15) is 4.88 Å². The molecule has 0 saturated carbocycles. The maximum atomic E-state index is 11.6. The minimum Gasteiger partial charge on any atom is -0.375 e. The molecule has 2 aromatic rings. The van der Waals surface area contributed by atoms with E-state index in [0.717, 1.165) is 4.88 Å². The fourth-order valence-electron chi connectivity index (χ4n) is 1.10. The molecule has 0 aliphatic rings. The summed E-state index contributed by atoms with van der Waals surface area (Å²) in [6.07, 6.45) is 4.73. The number of thiazole rings is 1. The topological polar surface area (TPSA) is 73.8 Å². The highest BCUT2D eigenvalue weighted by atomic mass is 127. The van der Waals surface area contributed by atoms with Crippen LogP contribution >= 0.6 is 33.9 Å². The molecule has 5 nitrogen and oxygen atoms in total. The summed E-state index contributed by atoms with van der Waals surface area (Å²) >= 11 is 3.34. The van der Waals surface area contributed by atoms with Crippen molar-refractivity contribution in [3.05, 3.63) is 37.5 Å². The molecule has 2 aromatic heterocycles. The molecule has 0 aromatic carbocycles. The largest absolute Gasteiger partial charge is 0.375 e. The molecule has 0 fully saturated rings. The third-order valence-electron chi connectivity index (χ3n) is 1.76. The van der Waals surface area contributed by atoms with Gasteiger partial charge in [-0.3, -0.25) is 9.36 Å². The molecular formula is C8H7IN4OS. The quantitative estimate of drug-likeness (QED) is 0.830. The summed E-state index contributed by atoms with van der Waals surface area (Å²) in [6.45, 7) is 0.470. The average Bonchev–Trinajstić information content (AvgIpc) is 2.59. The molecule has 0 unspecified atom stereocenters. The molecule has 0 aliphatic heterocycles. The molecule has 0 spiro atoms. The highest BCUT2D eigenvalue weighted by molar-refractivity contribution is 14.1. The number of anilines is 1. The normalized spacial score (nSPS) is 10.5. The van der Waals surface area contributed by atoms with Crippen molar-refractivity contribution in [2.24, 2.45) is 0 Å². The van der Waals surface area contributed by atoms with Gasteiger partial charge in [0, 0.05) is 17.3 Å². The van der Waals surface area contributed by atoms with Crippen molar-refractivity contribution in [2.75, 3.05) is 5.73 Å². The molecule has 0 amide bonds. The fourth-order valence-corrected chi connectivity index (χ4v) is 2.25. The molecule has 15 heavy (non-hydrogen) atoms. The standard InChI is InChI=1S/C8H7IN4OS/c9-6-2-11-4-13(7(6)14)3-5-1-12-8(10)15-5/h1-2,4H,3H2,(H2,10,12). The third-order valence-corrected chi connectivity index (χ3v) is 3.31. The van der Waals surface area contributed by atoms with Crippen molar-refractivity contribution < 1.29 is 0 Å². The lowest BCUT2D eigenvalue weighted by atomic mass is 10.5. The lowest BCUT2D eigenvalue weighted by Gasteiger charge is -2.01. The average molecular weight is 334 g/mol. The zero-order chi connectivity index (χ0) is 10.8. The van der Waals surface area contributed by atoms with E-state index < -0.39 is 0 Å². The van der Waals surface area contributed by atoms with E-state index in [1.807, 2.05) is 22.6 Å². The summed E-state index contributed by atoms with van der Waals surface area (Å²) in [5, 5.41) is 0.511. The summed E-state index contributed by atoms with van der Waals surface area (Å²) in [4.78, 5) is 20.5. The Balaban J connectivity index is 2.32. The van der Waals surface area contributed by atoms with E-state index in [1.54, 1.807) is 12.4 Å². The molecule has 0 bridgehead atoms. The molecule has 7 heteroatoms. The predicted molar refractivity (Wildman–Crippen MR) is 66.8 cm³/mol. The van der Waals surface area contributed by atoms with E-state index in [9.17, 15) is 4.79 Å². The van der Waals surface area contributed by atoms with Gasteiger partial charge in [0.1, 0.15) is 0 Å². The Hall–Kier alpha value is -0.960. The second kappa shape index (κ2) is 4.27. The Kier molecular flexibility index (Phi) is 3.00. The maximum absolute atomic E-state index is 11.6. The molecule has 78 valence electrons. The molecule has 2 N–H and O–H groups in total. The Bertz CT molecular complexity index is 535. The number of hydrogen-bond donors (Lipinski definition) is 1. The Morgan fingerprint density at radius 2 is 2.33 bits per heavy atom. The maximum Gasteiger partial charge on any atom is 0.267 e. The van der Waals surface area contributed by atoms with Crippen LogP contribution in [0.15, 0.2) is 23.5 Å². The first kappa shape index (κ1) is 10.6. The van der Waals surface area contributed by atoms with Crippen LogP contribution in [0, 0.1) is 3.57 Å². The van der Waals surface area contributed by atoms with Gasteiger partial charge in [-0.1, -0.05) is 0 Å². The molecule has 2 heterocycles. The van der Waals surface area contributed by atoms with Gasteiger partial charge >= 0.3 is 0 Å². The number of rotatable bonds is 2. The molecular weight excluding hydrogens is 327 g/mol. The lowest BCUT2D eigenvalue weighted by Crippen LogP contribution is -2.22. The number of nitrogens with zero attached hydrogens (tertiary/aromatic N) is 3. The van der Waals surface area contributed by atoms with Crippen molar-refractivity contribution in [1.82, 2.24) is 14.5 Å². The molecule has 0 aliphatic carbocycles. The third kappa shape index (κ3) is 2.34. The summed E-state index contributed by atoms with van der Waals surface area (Å²) in [6, 6.07) is 0. The predicted octanol–water partition coefficient (Wildman–Crippen LogP) is 0.935. The second-order valence-electron chi connectivity index (χ2n) is 2.84. The van der Waals surface area contributed by atoms with Crippen LogP contribution in [0.4, 0.5) is 5.13 Å². The number of halogens is 1. The summed E-state index contributed by atoms with van der Waals surface area (Å²) < 4.78 is 2.14. The summed E-state index contributed by atoms with van der Waals surface area (Å²) in [5.41, 5.74) is 5.46. The van der Waals surface area contributed by atoms with Gasteiger partial charge in [0.25, 0.3) is 5.56 Å². The Morgan fingerprint density at radius 1 is 1.53 bits per heavy atom. The van der Waals surface area contributed by atoms with E-state index in [4.69, 9.17) is 5.73 Å². The summed E-state index contributed by atoms with van der Waals surface area (Å²) in [7, 11) is 0. The van der Waals surface area contributed by atoms with Crippen LogP contribution in [0.5, 0.6) is 0 Å². The highest BCUT2D eigenvalue weighted by Crippen LogP contribution is 2.14. The Labute approximate surface area is 103 Å². The van der Waals surface area contributed by atoms with Gasteiger partial charge in [0.15, 0.2) is 5.13 Å². The molecule has 0 saturated heterocycles. The van der Waals surface area contributed by atoms with E-state index in [2.05, 4.69) is 9.97 Å². The van der Waals surface area contributed by atoms with Crippen LogP contribution in [-0.2, 0) is 6.54 Å². The molecule has 0 radical (unpaired) electrons. The van der Waals surface area contributed by atoms with Gasteiger partial charge in [-0.05, 0) is 22.6 Å². The van der Waals surface area contributed by atoms with Gasteiger partial charge in [-0.25, -0.2) is 9.97 Å². The number of aromatic nitrogens is 3. The van der Waals surface area contributed by atoms with Crippen molar-refractivity contribution >= 4 is 39.1 Å². The van der Waals surface area contributed by atoms with E-state index >= 15 is 0 Å².